The standard InChI is InChI=1S/C15H17BrN2O3/c1-3-15(4-2,14(20)21)8-13(19)18-12-7-11(16)6-5-10(12)9-17/h5-7H,3-4,8H2,1-2H3,(H,18,19)(H,20,21). The van der Waals surface area contributed by atoms with Crippen LogP contribution in [-0.4, -0.2) is 17.0 Å². The van der Waals surface area contributed by atoms with E-state index < -0.39 is 17.3 Å². The molecule has 0 aliphatic carbocycles. The maximum absolute atomic E-state index is 12.1. The molecule has 112 valence electrons. The van der Waals surface area contributed by atoms with Gasteiger partial charge in [0.25, 0.3) is 0 Å². The third-order valence-electron chi connectivity index (χ3n) is 3.68. The Balaban J connectivity index is 2.95. The number of anilines is 1. The molecular formula is C15H17BrN2O3. The van der Waals surface area contributed by atoms with Crippen molar-refractivity contribution in [1.29, 1.82) is 5.26 Å². The number of carbonyl (C=O) groups excluding carboxylic acids is 1. The smallest absolute Gasteiger partial charge is 0.310 e. The molecule has 1 amide bonds. The number of nitriles is 1. The third kappa shape index (κ3) is 4.05. The number of nitrogens with zero attached hydrogens (tertiary/aromatic N) is 1. The number of carboxylic acids is 1. The molecule has 1 rings (SSSR count). The summed E-state index contributed by atoms with van der Waals surface area (Å²) in [5.74, 6) is -1.38. The Labute approximate surface area is 132 Å². The van der Waals surface area contributed by atoms with Crippen LogP contribution in [0.5, 0.6) is 0 Å². The first kappa shape index (κ1) is 17.2. The topological polar surface area (TPSA) is 90.2 Å². The van der Waals surface area contributed by atoms with Crippen LogP contribution in [0.25, 0.3) is 0 Å². The molecule has 1 aromatic rings. The molecule has 0 aromatic heterocycles. The first-order valence-electron chi connectivity index (χ1n) is 6.61. The van der Waals surface area contributed by atoms with E-state index in [9.17, 15) is 14.7 Å². The van der Waals surface area contributed by atoms with E-state index in [1.807, 2.05) is 6.07 Å². The van der Waals surface area contributed by atoms with E-state index in [2.05, 4.69) is 21.2 Å². The average Bonchev–Trinajstić information content (AvgIpc) is 2.44. The lowest BCUT2D eigenvalue weighted by Gasteiger charge is -2.25. The molecule has 0 unspecified atom stereocenters. The predicted molar refractivity (Wildman–Crippen MR) is 82.8 cm³/mol. The van der Waals surface area contributed by atoms with Crippen molar-refractivity contribution in [2.24, 2.45) is 5.41 Å². The first-order chi connectivity index (χ1) is 9.88. The summed E-state index contributed by atoms with van der Waals surface area (Å²) >= 11 is 3.27. The van der Waals surface area contributed by atoms with E-state index in [1.54, 1.807) is 32.0 Å². The minimum atomic E-state index is -1.07. The van der Waals surface area contributed by atoms with Crippen LogP contribution < -0.4 is 5.32 Å². The van der Waals surface area contributed by atoms with Crippen LogP contribution in [0.4, 0.5) is 5.69 Å². The molecule has 6 heteroatoms. The summed E-state index contributed by atoms with van der Waals surface area (Å²) in [5, 5.41) is 21.0. The van der Waals surface area contributed by atoms with E-state index in [4.69, 9.17) is 5.26 Å². The number of halogens is 1. The lowest BCUT2D eigenvalue weighted by molar-refractivity contribution is -0.151. The zero-order valence-corrected chi connectivity index (χ0v) is 13.5. The molecule has 0 aliphatic heterocycles. The van der Waals surface area contributed by atoms with Gasteiger partial charge in [-0.2, -0.15) is 5.26 Å². The van der Waals surface area contributed by atoms with E-state index >= 15 is 0 Å². The van der Waals surface area contributed by atoms with Gasteiger partial charge in [-0.05, 0) is 31.0 Å². The Morgan fingerprint density at radius 2 is 2.00 bits per heavy atom. The molecular weight excluding hydrogens is 336 g/mol. The SMILES string of the molecule is CCC(CC)(CC(=O)Nc1cc(Br)ccc1C#N)C(=O)O. The summed E-state index contributed by atoms with van der Waals surface area (Å²) in [6.45, 7) is 3.51. The third-order valence-corrected chi connectivity index (χ3v) is 4.18. The summed E-state index contributed by atoms with van der Waals surface area (Å²) in [4.78, 5) is 23.5. The Morgan fingerprint density at radius 3 is 2.48 bits per heavy atom. The second-order valence-electron chi connectivity index (χ2n) is 4.82. The van der Waals surface area contributed by atoms with Gasteiger partial charge in [-0.3, -0.25) is 9.59 Å². The zero-order valence-electron chi connectivity index (χ0n) is 11.9. The number of aliphatic carboxylic acids is 1. The molecule has 21 heavy (non-hydrogen) atoms. The largest absolute Gasteiger partial charge is 0.481 e. The van der Waals surface area contributed by atoms with Crippen LogP contribution in [0.2, 0.25) is 0 Å². The minimum absolute atomic E-state index is 0.118. The van der Waals surface area contributed by atoms with E-state index in [0.717, 1.165) is 4.47 Å². The summed E-state index contributed by atoms with van der Waals surface area (Å²) in [5.41, 5.74) is -0.355. The fourth-order valence-corrected chi connectivity index (χ4v) is 2.46. The summed E-state index contributed by atoms with van der Waals surface area (Å²) in [7, 11) is 0. The highest BCUT2D eigenvalue weighted by Gasteiger charge is 2.37. The molecule has 0 fully saturated rings. The molecule has 0 heterocycles. The van der Waals surface area contributed by atoms with Crippen molar-refractivity contribution in [3.05, 3.63) is 28.2 Å². The monoisotopic (exact) mass is 352 g/mol. The van der Waals surface area contributed by atoms with Gasteiger partial charge < -0.3 is 10.4 Å². The molecule has 0 saturated carbocycles. The number of rotatable bonds is 6. The second-order valence-corrected chi connectivity index (χ2v) is 5.73. The Morgan fingerprint density at radius 1 is 1.38 bits per heavy atom. The lowest BCUT2D eigenvalue weighted by Crippen LogP contribution is -2.34. The van der Waals surface area contributed by atoms with Gasteiger partial charge >= 0.3 is 5.97 Å². The van der Waals surface area contributed by atoms with Crippen molar-refractivity contribution in [2.45, 2.75) is 33.1 Å². The predicted octanol–water partition coefficient (Wildman–Crippen LogP) is 3.54. The number of hydrogen-bond acceptors (Lipinski definition) is 3. The van der Waals surface area contributed by atoms with Crippen molar-refractivity contribution < 1.29 is 14.7 Å². The van der Waals surface area contributed by atoms with Crippen LogP contribution in [0.1, 0.15) is 38.7 Å². The van der Waals surface area contributed by atoms with E-state index in [-0.39, 0.29) is 6.42 Å². The van der Waals surface area contributed by atoms with Gasteiger partial charge in [0, 0.05) is 10.9 Å². The number of hydrogen-bond donors (Lipinski definition) is 2. The molecule has 0 saturated heterocycles. The second kappa shape index (κ2) is 7.23. The fourth-order valence-electron chi connectivity index (χ4n) is 2.10. The zero-order chi connectivity index (χ0) is 16.0. The first-order valence-corrected chi connectivity index (χ1v) is 7.40. The maximum atomic E-state index is 12.1. The molecule has 5 nitrogen and oxygen atoms in total. The molecule has 0 spiro atoms. The highest BCUT2D eigenvalue weighted by atomic mass is 79.9. The van der Waals surface area contributed by atoms with E-state index in [1.165, 1.54) is 0 Å². The van der Waals surface area contributed by atoms with Crippen LogP contribution in [0, 0.1) is 16.7 Å². The van der Waals surface area contributed by atoms with Crippen LogP contribution in [0.15, 0.2) is 22.7 Å². The van der Waals surface area contributed by atoms with Crippen LogP contribution in [0.3, 0.4) is 0 Å². The Hall–Kier alpha value is -1.87. The molecule has 0 atom stereocenters. The van der Waals surface area contributed by atoms with E-state index in [0.29, 0.717) is 24.1 Å². The van der Waals surface area contributed by atoms with Gasteiger partial charge in [-0.25, -0.2) is 0 Å². The Bertz CT molecular complexity index is 589. The van der Waals surface area contributed by atoms with Gasteiger partial charge in [0.15, 0.2) is 0 Å². The number of carbonyl (C=O) groups is 2. The summed E-state index contributed by atoms with van der Waals surface area (Å²) < 4.78 is 0.729. The Kier molecular flexibility index (Phi) is 5.91. The molecule has 2 N–H and O–H groups in total. The van der Waals surface area contributed by atoms with Crippen molar-refractivity contribution in [3.63, 3.8) is 0 Å². The molecule has 1 aromatic carbocycles. The number of nitrogens with one attached hydrogen (secondary N) is 1. The number of carboxylic acid groups (broad SMARTS) is 1. The maximum Gasteiger partial charge on any atom is 0.310 e. The highest BCUT2D eigenvalue weighted by Crippen LogP contribution is 2.32. The normalized spacial score (nSPS) is 10.8. The quantitative estimate of drug-likeness (QED) is 0.818. The van der Waals surface area contributed by atoms with Gasteiger partial charge in [0.05, 0.1) is 16.7 Å². The van der Waals surface area contributed by atoms with Gasteiger partial charge in [-0.15, -0.1) is 0 Å². The lowest BCUT2D eigenvalue weighted by atomic mass is 9.79. The number of amides is 1. The van der Waals surface area contributed by atoms with Gasteiger partial charge in [0.2, 0.25) is 5.91 Å². The van der Waals surface area contributed by atoms with Gasteiger partial charge in [-0.1, -0.05) is 29.8 Å². The highest BCUT2D eigenvalue weighted by molar-refractivity contribution is 9.10. The fraction of sp³-hybridized carbons (Fsp3) is 0.400. The van der Waals surface area contributed by atoms with Crippen molar-refractivity contribution in [2.75, 3.05) is 5.32 Å². The molecule has 0 radical (unpaired) electrons. The summed E-state index contributed by atoms with van der Waals surface area (Å²) in [6.07, 6.45) is 0.623. The summed E-state index contributed by atoms with van der Waals surface area (Å²) in [6, 6.07) is 6.90. The van der Waals surface area contributed by atoms with Crippen molar-refractivity contribution >= 4 is 33.5 Å². The molecule has 0 bridgehead atoms. The van der Waals surface area contributed by atoms with Gasteiger partial charge in [0.1, 0.15) is 6.07 Å². The molecule has 0 aliphatic rings. The van der Waals surface area contributed by atoms with Crippen LogP contribution in [-0.2, 0) is 9.59 Å². The van der Waals surface area contributed by atoms with Crippen LogP contribution >= 0.6 is 15.9 Å². The minimum Gasteiger partial charge on any atom is -0.481 e. The number of benzene rings is 1. The average molecular weight is 353 g/mol. The van der Waals surface area contributed by atoms with Crippen molar-refractivity contribution in [1.82, 2.24) is 0 Å². The van der Waals surface area contributed by atoms with Crippen molar-refractivity contribution in [3.8, 4) is 6.07 Å².